The number of aromatic nitrogens is 2. The molecule has 5 heteroatoms. The second kappa shape index (κ2) is 6.84. The van der Waals surface area contributed by atoms with Crippen LogP contribution in [0.2, 0.25) is 0 Å². The van der Waals surface area contributed by atoms with Crippen molar-refractivity contribution in [2.45, 2.75) is 20.3 Å². The van der Waals surface area contributed by atoms with E-state index in [1.807, 2.05) is 19.9 Å². The third kappa shape index (κ3) is 4.19. The van der Waals surface area contributed by atoms with Gasteiger partial charge in [-0.2, -0.15) is 4.98 Å². The lowest BCUT2D eigenvalue weighted by molar-refractivity contribution is 0.627. The van der Waals surface area contributed by atoms with Gasteiger partial charge in [-0.15, -0.1) is 0 Å². The molecule has 0 fully saturated rings. The third-order valence-corrected chi connectivity index (χ3v) is 2.82. The quantitative estimate of drug-likeness (QED) is 0.850. The molecular formula is C15H19FN4. The van der Waals surface area contributed by atoms with Crippen molar-refractivity contribution in [1.82, 2.24) is 9.97 Å². The van der Waals surface area contributed by atoms with Crippen molar-refractivity contribution >= 4 is 11.8 Å². The number of benzene rings is 1. The molecule has 0 saturated carbocycles. The summed E-state index contributed by atoms with van der Waals surface area (Å²) in [5, 5.41) is 6.36. The maximum Gasteiger partial charge on any atom is 0.224 e. The van der Waals surface area contributed by atoms with Gasteiger partial charge in [0.25, 0.3) is 0 Å². The van der Waals surface area contributed by atoms with Gasteiger partial charge in [0.05, 0.1) is 0 Å². The van der Waals surface area contributed by atoms with E-state index in [9.17, 15) is 4.39 Å². The lowest BCUT2D eigenvalue weighted by Crippen LogP contribution is -2.09. The number of aryl methyl sites for hydroxylation is 1. The summed E-state index contributed by atoms with van der Waals surface area (Å²) in [6, 6.07) is 8.46. The molecule has 2 aromatic rings. The first-order valence-electron chi connectivity index (χ1n) is 6.75. The molecule has 0 bridgehead atoms. The number of hydrogen-bond acceptors (Lipinski definition) is 4. The van der Waals surface area contributed by atoms with Crippen LogP contribution in [0.1, 0.15) is 18.2 Å². The minimum Gasteiger partial charge on any atom is -0.370 e. The summed E-state index contributed by atoms with van der Waals surface area (Å²) in [4.78, 5) is 8.67. The predicted molar refractivity (Wildman–Crippen MR) is 79.5 cm³/mol. The average Bonchev–Trinajstić information content (AvgIpc) is 2.41. The Kier molecular flexibility index (Phi) is 4.87. The number of rotatable bonds is 6. The fourth-order valence-electron chi connectivity index (χ4n) is 1.88. The first-order valence-corrected chi connectivity index (χ1v) is 6.75. The van der Waals surface area contributed by atoms with E-state index in [1.54, 1.807) is 12.1 Å². The Morgan fingerprint density at radius 1 is 1.10 bits per heavy atom. The van der Waals surface area contributed by atoms with Crippen LogP contribution in [0.25, 0.3) is 0 Å². The predicted octanol–water partition coefficient (Wildman–Crippen LogP) is 3.01. The van der Waals surface area contributed by atoms with E-state index in [-0.39, 0.29) is 5.82 Å². The lowest BCUT2D eigenvalue weighted by Gasteiger charge is -2.09. The molecule has 0 saturated heterocycles. The maximum absolute atomic E-state index is 12.8. The summed E-state index contributed by atoms with van der Waals surface area (Å²) in [5.74, 6) is 1.23. The van der Waals surface area contributed by atoms with Crippen LogP contribution in [-0.2, 0) is 6.42 Å². The Morgan fingerprint density at radius 3 is 2.55 bits per heavy atom. The molecule has 0 aliphatic rings. The Morgan fingerprint density at radius 2 is 1.85 bits per heavy atom. The van der Waals surface area contributed by atoms with Gasteiger partial charge in [0.1, 0.15) is 11.6 Å². The largest absolute Gasteiger partial charge is 0.370 e. The van der Waals surface area contributed by atoms with Crippen molar-refractivity contribution in [3.8, 4) is 0 Å². The van der Waals surface area contributed by atoms with Gasteiger partial charge >= 0.3 is 0 Å². The van der Waals surface area contributed by atoms with Crippen LogP contribution in [0.5, 0.6) is 0 Å². The monoisotopic (exact) mass is 274 g/mol. The van der Waals surface area contributed by atoms with E-state index < -0.39 is 0 Å². The molecule has 0 aliphatic carbocycles. The third-order valence-electron chi connectivity index (χ3n) is 2.82. The van der Waals surface area contributed by atoms with Gasteiger partial charge in [-0.25, -0.2) is 9.37 Å². The summed E-state index contributed by atoms with van der Waals surface area (Å²) in [5.41, 5.74) is 2.01. The first-order chi connectivity index (χ1) is 9.67. The molecular weight excluding hydrogens is 255 g/mol. The van der Waals surface area contributed by atoms with Gasteiger partial charge in [0, 0.05) is 24.8 Å². The van der Waals surface area contributed by atoms with E-state index in [0.717, 1.165) is 36.6 Å². The summed E-state index contributed by atoms with van der Waals surface area (Å²) >= 11 is 0. The number of nitrogens with zero attached hydrogens (tertiary/aromatic N) is 2. The van der Waals surface area contributed by atoms with Gasteiger partial charge < -0.3 is 10.6 Å². The minimum absolute atomic E-state index is 0.205. The van der Waals surface area contributed by atoms with Gasteiger partial charge in [0.2, 0.25) is 5.95 Å². The highest BCUT2D eigenvalue weighted by molar-refractivity contribution is 5.42. The number of halogens is 1. The molecule has 0 aliphatic heterocycles. The average molecular weight is 274 g/mol. The Labute approximate surface area is 118 Å². The molecule has 106 valence electrons. The maximum atomic E-state index is 12.8. The van der Waals surface area contributed by atoms with E-state index in [1.165, 1.54) is 12.1 Å². The SMILES string of the molecule is CCNc1nc(C)cc(NCCc2ccc(F)cc2)n1. The summed E-state index contributed by atoms with van der Waals surface area (Å²) in [7, 11) is 0. The highest BCUT2D eigenvalue weighted by Gasteiger charge is 2.01. The van der Waals surface area contributed by atoms with Crippen LogP contribution in [-0.4, -0.2) is 23.1 Å². The zero-order valence-electron chi connectivity index (χ0n) is 11.8. The van der Waals surface area contributed by atoms with E-state index >= 15 is 0 Å². The number of anilines is 2. The zero-order valence-corrected chi connectivity index (χ0v) is 11.8. The first kappa shape index (κ1) is 14.2. The molecule has 1 heterocycles. The van der Waals surface area contributed by atoms with Crippen LogP contribution < -0.4 is 10.6 Å². The van der Waals surface area contributed by atoms with Crippen LogP contribution in [0.4, 0.5) is 16.2 Å². The van der Waals surface area contributed by atoms with Crippen LogP contribution in [0, 0.1) is 12.7 Å². The highest BCUT2D eigenvalue weighted by Crippen LogP contribution is 2.10. The van der Waals surface area contributed by atoms with Crippen molar-refractivity contribution < 1.29 is 4.39 Å². The van der Waals surface area contributed by atoms with Crippen molar-refractivity contribution in [2.75, 3.05) is 23.7 Å². The Bertz CT molecular complexity index is 554. The summed E-state index contributed by atoms with van der Waals surface area (Å²) in [6.07, 6.45) is 0.819. The standard InChI is InChI=1S/C15H19FN4/c1-3-17-15-19-11(2)10-14(20-15)18-9-8-12-4-6-13(16)7-5-12/h4-7,10H,3,8-9H2,1-2H3,(H2,17,18,19,20). The van der Waals surface area contributed by atoms with E-state index in [2.05, 4.69) is 20.6 Å². The topological polar surface area (TPSA) is 49.8 Å². The molecule has 0 spiro atoms. The molecule has 20 heavy (non-hydrogen) atoms. The normalized spacial score (nSPS) is 10.3. The number of nitrogens with one attached hydrogen (secondary N) is 2. The molecule has 1 aromatic carbocycles. The molecule has 0 unspecified atom stereocenters. The second-order valence-corrected chi connectivity index (χ2v) is 4.55. The number of hydrogen-bond donors (Lipinski definition) is 2. The fourth-order valence-corrected chi connectivity index (χ4v) is 1.88. The molecule has 1 aromatic heterocycles. The molecule has 0 radical (unpaired) electrons. The van der Waals surface area contributed by atoms with Crippen LogP contribution >= 0.6 is 0 Å². The molecule has 2 rings (SSSR count). The van der Waals surface area contributed by atoms with Crippen LogP contribution in [0.15, 0.2) is 30.3 Å². The van der Waals surface area contributed by atoms with Crippen molar-refractivity contribution in [3.63, 3.8) is 0 Å². The Balaban J connectivity index is 1.91. The van der Waals surface area contributed by atoms with Gasteiger partial charge in [-0.1, -0.05) is 12.1 Å². The van der Waals surface area contributed by atoms with Crippen molar-refractivity contribution in [1.29, 1.82) is 0 Å². The zero-order chi connectivity index (χ0) is 14.4. The second-order valence-electron chi connectivity index (χ2n) is 4.55. The van der Waals surface area contributed by atoms with E-state index in [4.69, 9.17) is 0 Å². The van der Waals surface area contributed by atoms with E-state index in [0.29, 0.717) is 5.95 Å². The van der Waals surface area contributed by atoms with Crippen molar-refractivity contribution in [3.05, 3.63) is 47.4 Å². The van der Waals surface area contributed by atoms with Crippen LogP contribution in [0.3, 0.4) is 0 Å². The Hall–Kier alpha value is -2.17. The summed E-state index contributed by atoms with van der Waals surface area (Å²) in [6.45, 7) is 5.48. The van der Waals surface area contributed by atoms with Gasteiger partial charge in [-0.3, -0.25) is 0 Å². The molecule has 2 N–H and O–H groups in total. The fraction of sp³-hybridized carbons (Fsp3) is 0.333. The summed E-state index contributed by atoms with van der Waals surface area (Å²) < 4.78 is 12.8. The minimum atomic E-state index is -0.205. The van der Waals surface area contributed by atoms with Gasteiger partial charge in [-0.05, 0) is 38.0 Å². The molecule has 0 atom stereocenters. The molecule has 4 nitrogen and oxygen atoms in total. The lowest BCUT2D eigenvalue weighted by atomic mass is 10.1. The van der Waals surface area contributed by atoms with Crippen molar-refractivity contribution in [2.24, 2.45) is 0 Å². The smallest absolute Gasteiger partial charge is 0.224 e. The van der Waals surface area contributed by atoms with Gasteiger partial charge in [0.15, 0.2) is 0 Å². The molecule has 0 amide bonds. The highest BCUT2D eigenvalue weighted by atomic mass is 19.1.